The summed E-state index contributed by atoms with van der Waals surface area (Å²) in [5.41, 5.74) is 7.08. The van der Waals surface area contributed by atoms with Gasteiger partial charge in [-0.2, -0.15) is 0 Å². The fourth-order valence-electron chi connectivity index (χ4n) is 1.84. The average Bonchev–Trinajstić information content (AvgIpc) is 2.44. The fraction of sp³-hybridized carbons (Fsp3) is 0.533. The zero-order valence-electron chi connectivity index (χ0n) is 12.8. The van der Waals surface area contributed by atoms with Gasteiger partial charge in [0, 0.05) is 18.7 Å². The van der Waals surface area contributed by atoms with E-state index in [9.17, 15) is 13.2 Å². The number of benzene rings is 1. The van der Waals surface area contributed by atoms with Crippen LogP contribution in [0.3, 0.4) is 0 Å². The molecule has 0 saturated carbocycles. The van der Waals surface area contributed by atoms with Crippen LogP contribution in [0.25, 0.3) is 0 Å². The van der Waals surface area contributed by atoms with Gasteiger partial charge in [-0.25, -0.2) is 8.42 Å². The highest BCUT2D eigenvalue weighted by atomic mass is 32.2. The Labute approximate surface area is 126 Å². The number of hydrogen-bond acceptors (Lipinski definition) is 4. The van der Waals surface area contributed by atoms with Gasteiger partial charge in [0.1, 0.15) is 0 Å². The Morgan fingerprint density at radius 3 is 2.52 bits per heavy atom. The lowest BCUT2D eigenvalue weighted by Crippen LogP contribution is -2.28. The molecule has 0 aromatic heterocycles. The number of nitrogens with two attached hydrogens (primary N) is 1. The Morgan fingerprint density at radius 2 is 1.95 bits per heavy atom. The standard InChI is InChI=1S/C15H24N2O3S/c1-11(2)12(3)21(19,20)8-7-15(18)17-14-6-4-5-13(9-14)10-16/h4-6,9,11-12H,7-8,10,16H2,1-3H3,(H,17,18). The largest absolute Gasteiger partial charge is 0.326 e. The van der Waals surface area contributed by atoms with Crippen LogP contribution in [0, 0.1) is 5.92 Å². The van der Waals surface area contributed by atoms with Crippen molar-refractivity contribution in [2.75, 3.05) is 11.1 Å². The summed E-state index contributed by atoms with van der Waals surface area (Å²) in [7, 11) is -3.24. The second kappa shape index (κ2) is 7.56. The lowest BCUT2D eigenvalue weighted by molar-refractivity contribution is -0.115. The van der Waals surface area contributed by atoms with Gasteiger partial charge >= 0.3 is 0 Å². The Hall–Kier alpha value is -1.40. The highest BCUT2D eigenvalue weighted by Gasteiger charge is 2.24. The third kappa shape index (κ3) is 5.47. The summed E-state index contributed by atoms with van der Waals surface area (Å²) in [6.45, 7) is 5.80. The molecule has 118 valence electrons. The Morgan fingerprint density at radius 1 is 1.29 bits per heavy atom. The molecule has 0 fully saturated rings. The smallest absolute Gasteiger partial charge is 0.225 e. The molecule has 0 aliphatic rings. The first-order valence-corrected chi connectivity index (χ1v) is 8.78. The first-order valence-electron chi connectivity index (χ1n) is 7.06. The van der Waals surface area contributed by atoms with Crippen molar-refractivity contribution in [3.8, 4) is 0 Å². The molecular weight excluding hydrogens is 288 g/mol. The zero-order valence-corrected chi connectivity index (χ0v) is 13.6. The molecule has 1 unspecified atom stereocenters. The number of sulfone groups is 1. The van der Waals surface area contributed by atoms with Gasteiger partial charge in [-0.05, 0) is 30.5 Å². The number of hydrogen-bond donors (Lipinski definition) is 2. The number of anilines is 1. The molecule has 0 aliphatic heterocycles. The van der Waals surface area contributed by atoms with Crippen LogP contribution in [0.2, 0.25) is 0 Å². The maximum Gasteiger partial charge on any atom is 0.225 e. The molecule has 0 spiro atoms. The topological polar surface area (TPSA) is 89.3 Å². The summed E-state index contributed by atoms with van der Waals surface area (Å²) < 4.78 is 24.1. The van der Waals surface area contributed by atoms with Crippen LogP contribution in [0.15, 0.2) is 24.3 Å². The molecule has 1 aromatic rings. The monoisotopic (exact) mass is 312 g/mol. The van der Waals surface area contributed by atoms with Crippen molar-refractivity contribution in [2.24, 2.45) is 11.7 Å². The molecule has 0 heterocycles. The lowest BCUT2D eigenvalue weighted by atomic mass is 10.2. The number of rotatable bonds is 7. The van der Waals surface area contributed by atoms with Gasteiger partial charge in [-0.1, -0.05) is 26.0 Å². The summed E-state index contributed by atoms with van der Waals surface area (Å²) >= 11 is 0. The molecule has 6 heteroatoms. The van der Waals surface area contributed by atoms with Crippen LogP contribution in [0.5, 0.6) is 0 Å². The molecule has 5 nitrogen and oxygen atoms in total. The SMILES string of the molecule is CC(C)C(C)S(=O)(=O)CCC(=O)Nc1cccc(CN)c1. The van der Waals surface area contributed by atoms with Crippen molar-refractivity contribution in [1.29, 1.82) is 0 Å². The summed E-state index contributed by atoms with van der Waals surface area (Å²) in [5, 5.41) is 2.26. The zero-order chi connectivity index (χ0) is 16.0. The van der Waals surface area contributed by atoms with Crippen LogP contribution in [0.4, 0.5) is 5.69 Å². The normalized spacial score (nSPS) is 13.2. The van der Waals surface area contributed by atoms with Gasteiger partial charge in [-0.15, -0.1) is 0 Å². The minimum Gasteiger partial charge on any atom is -0.326 e. The fourth-order valence-corrected chi connectivity index (χ4v) is 3.51. The molecule has 1 rings (SSSR count). The molecule has 0 saturated heterocycles. The van der Waals surface area contributed by atoms with Crippen molar-refractivity contribution in [3.63, 3.8) is 0 Å². The first-order chi connectivity index (χ1) is 9.76. The lowest BCUT2D eigenvalue weighted by Gasteiger charge is -2.16. The second-order valence-corrected chi connectivity index (χ2v) is 8.00. The van der Waals surface area contributed by atoms with Crippen LogP contribution >= 0.6 is 0 Å². The van der Waals surface area contributed by atoms with E-state index in [0.717, 1.165) is 5.56 Å². The molecular formula is C15H24N2O3S. The highest BCUT2D eigenvalue weighted by Crippen LogP contribution is 2.14. The Kier molecular flexibility index (Phi) is 6.36. The van der Waals surface area contributed by atoms with E-state index in [0.29, 0.717) is 12.2 Å². The molecule has 1 amide bonds. The van der Waals surface area contributed by atoms with Crippen molar-refractivity contribution >= 4 is 21.4 Å². The molecule has 1 aromatic carbocycles. The third-order valence-corrected chi connectivity index (χ3v) is 6.02. The number of carbonyl (C=O) groups excluding carboxylic acids is 1. The van der Waals surface area contributed by atoms with Gasteiger partial charge in [-0.3, -0.25) is 4.79 Å². The van der Waals surface area contributed by atoms with E-state index < -0.39 is 15.1 Å². The van der Waals surface area contributed by atoms with Crippen LogP contribution in [-0.4, -0.2) is 25.3 Å². The third-order valence-electron chi connectivity index (χ3n) is 3.57. The van der Waals surface area contributed by atoms with Gasteiger partial charge in [0.05, 0.1) is 11.0 Å². The minimum absolute atomic E-state index is 0.0355. The number of carbonyl (C=O) groups is 1. The van der Waals surface area contributed by atoms with Crippen molar-refractivity contribution in [2.45, 2.75) is 39.0 Å². The van der Waals surface area contributed by atoms with E-state index >= 15 is 0 Å². The van der Waals surface area contributed by atoms with Crippen LogP contribution in [0.1, 0.15) is 32.8 Å². The van der Waals surface area contributed by atoms with Crippen LogP contribution in [-0.2, 0) is 21.2 Å². The predicted octanol–water partition coefficient (Wildman–Crippen LogP) is 1.93. The van der Waals surface area contributed by atoms with E-state index in [2.05, 4.69) is 5.32 Å². The number of nitrogens with one attached hydrogen (secondary N) is 1. The van der Waals surface area contributed by atoms with E-state index in [4.69, 9.17) is 5.73 Å². The average molecular weight is 312 g/mol. The van der Waals surface area contributed by atoms with Crippen molar-refractivity contribution in [3.05, 3.63) is 29.8 Å². The highest BCUT2D eigenvalue weighted by molar-refractivity contribution is 7.92. The van der Waals surface area contributed by atoms with E-state index in [1.165, 1.54) is 0 Å². The summed E-state index contributed by atoms with van der Waals surface area (Å²) in [6.07, 6.45) is -0.0355. The molecule has 0 aliphatic carbocycles. The van der Waals surface area contributed by atoms with Gasteiger partial charge in [0.15, 0.2) is 9.84 Å². The van der Waals surface area contributed by atoms with Gasteiger partial charge in [0.2, 0.25) is 5.91 Å². The van der Waals surface area contributed by atoms with Gasteiger partial charge < -0.3 is 11.1 Å². The Bertz CT molecular complexity index is 582. The molecule has 0 radical (unpaired) electrons. The number of amides is 1. The molecule has 1 atom stereocenters. The summed E-state index contributed by atoms with van der Waals surface area (Å²) in [4.78, 5) is 11.8. The van der Waals surface area contributed by atoms with Crippen molar-refractivity contribution in [1.82, 2.24) is 0 Å². The van der Waals surface area contributed by atoms with Gasteiger partial charge in [0.25, 0.3) is 0 Å². The van der Waals surface area contributed by atoms with E-state index in [1.807, 2.05) is 19.9 Å². The minimum atomic E-state index is -3.24. The molecule has 3 N–H and O–H groups in total. The maximum absolute atomic E-state index is 12.0. The first kappa shape index (κ1) is 17.7. The quantitative estimate of drug-likeness (QED) is 0.805. The van der Waals surface area contributed by atoms with E-state index in [1.54, 1.807) is 25.1 Å². The summed E-state index contributed by atoms with van der Waals surface area (Å²) in [5.74, 6) is -0.391. The molecule has 0 bridgehead atoms. The summed E-state index contributed by atoms with van der Waals surface area (Å²) in [6, 6.07) is 7.20. The van der Waals surface area contributed by atoms with Crippen LogP contribution < -0.4 is 11.1 Å². The second-order valence-electron chi connectivity index (χ2n) is 5.52. The van der Waals surface area contributed by atoms with E-state index in [-0.39, 0.29) is 24.0 Å². The predicted molar refractivity (Wildman–Crippen MR) is 85.7 cm³/mol. The Balaban J connectivity index is 2.58. The molecule has 21 heavy (non-hydrogen) atoms. The maximum atomic E-state index is 12.0. The van der Waals surface area contributed by atoms with Crippen molar-refractivity contribution < 1.29 is 13.2 Å².